The number of thioether (sulfide) groups is 1. The topological polar surface area (TPSA) is 21.3 Å². The summed E-state index contributed by atoms with van der Waals surface area (Å²) in [5, 5.41) is 3.37. The van der Waals surface area contributed by atoms with E-state index in [4.69, 9.17) is 4.74 Å². The first-order chi connectivity index (χ1) is 8.10. The number of nitrogens with one attached hydrogen (secondary N) is 1. The van der Waals surface area contributed by atoms with Crippen LogP contribution in [0.15, 0.2) is 18.2 Å². The van der Waals surface area contributed by atoms with Gasteiger partial charge in [-0.1, -0.05) is 6.07 Å². The van der Waals surface area contributed by atoms with Crippen molar-refractivity contribution in [3.63, 3.8) is 0 Å². The van der Waals surface area contributed by atoms with E-state index in [2.05, 4.69) is 18.5 Å². The summed E-state index contributed by atoms with van der Waals surface area (Å²) in [6.07, 6.45) is 2.06. The Morgan fingerprint density at radius 3 is 2.71 bits per heavy atom. The number of ether oxygens (including phenoxy) is 1. The summed E-state index contributed by atoms with van der Waals surface area (Å²) in [5.74, 6) is 1.38. The summed E-state index contributed by atoms with van der Waals surface area (Å²) < 4.78 is 19.0. The first-order valence-electron chi connectivity index (χ1n) is 5.67. The second-order valence-electron chi connectivity index (χ2n) is 4.10. The fraction of sp³-hybridized carbons (Fsp3) is 0.538. The van der Waals surface area contributed by atoms with Crippen molar-refractivity contribution in [1.82, 2.24) is 5.32 Å². The van der Waals surface area contributed by atoms with Crippen LogP contribution in [0.2, 0.25) is 0 Å². The molecule has 0 fully saturated rings. The fourth-order valence-electron chi connectivity index (χ4n) is 1.92. The first-order valence-corrected chi connectivity index (χ1v) is 7.07. The summed E-state index contributed by atoms with van der Waals surface area (Å²) in [6, 6.07) is 5.19. The Labute approximate surface area is 107 Å². The number of benzene rings is 1. The molecule has 17 heavy (non-hydrogen) atoms. The highest BCUT2D eigenvalue weighted by molar-refractivity contribution is 7.98. The van der Waals surface area contributed by atoms with Crippen LogP contribution in [0, 0.1) is 5.82 Å². The highest BCUT2D eigenvalue weighted by Gasteiger charge is 2.17. The molecule has 0 aliphatic carbocycles. The maximum Gasteiger partial charge on any atom is 0.131 e. The van der Waals surface area contributed by atoms with Crippen molar-refractivity contribution in [2.75, 3.05) is 19.1 Å². The second kappa shape index (κ2) is 6.87. The SMILES string of the molecule is COc1cccc(F)c1C(C)NC(C)CSC. The van der Waals surface area contributed by atoms with Crippen molar-refractivity contribution >= 4 is 11.8 Å². The quantitative estimate of drug-likeness (QED) is 0.845. The molecule has 0 aliphatic heterocycles. The Bertz CT molecular complexity index is 359. The molecule has 0 radical (unpaired) electrons. The third-order valence-electron chi connectivity index (χ3n) is 2.62. The van der Waals surface area contributed by atoms with Crippen LogP contribution in [-0.4, -0.2) is 25.2 Å². The zero-order chi connectivity index (χ0) is 12.8. The van der Waals surface area contributed by atoms with Crippen LogP contribution in [0.1, 0.15) is 25.5 Å². The minimum absolute atomic E-state index is 0.0618. The van der Waals surface area contributed by atoms with Gasteiger partial charge >= 0.3 is 0 Å². The van der Waals surface area contributed by atoms with Gasteiger partial charge in [0, 0.05) is 23.4 Å². The summed E-state index contributed by atoms with van der Waals surface area (Å²) in [6.45, 7) is 4.05. The molecule has 4 heteroatoms. The van der Waals surface area contributed by atoms with Crippen LogP contribution in [0.3, 0.4) is 0 Å². The van der Waals surface area contributed by atoms with E-state index in [-0.39, 0.29) is 11.9 Å². The molecule has 96 valence electrons. The molecule has 0 amide bonds. The lowest BCUT2D eigenvalue weighted by molar-refractivity contribution is 0.389. The second-order valence-corrected chi connectivity index (χ2v) is 5.01. The third kappa shape index (κ3) is 3.89. The van der Waals surface area contributed by atoms with E-state index >= 15 is 0 Å². The van der Waals surface area contributed by atoms with E-state index in [0.29, 0.717) is 17.4 Å². The lowest BCUT2D eigenvalue weighted by Crippen LogP contribution is -2.31. The van der Waals surface area contributed by atoms with Gasteiger partial charge in [0.2, 0.25) is 0 Å². The Kier molecular flexibility index (Phi) is 5.78. The van der Waals surface area contributed by atoms with Crippen LogP contribution in [0.5, 0.6) is 5.75 Å². The van der Waals surface area contributed by atoms with Crippen molar-refractivity contribution in [2.24, 2.45) is 0 Å². The molecule has 0 saturated heterocycles. The summed E-state index contributed by atoms with van der Waals surface area (Å²) in [7, 11) is 1.57. The predicted molar refractivity (Wildman–Crippen MR) is 72.3 cm³/mol. The van der Waals surface area contributed by atoms with Crippen molar-refractivity contribution in [1.29, 1.82) is 0 Å². The minimum atomic E-state index is -0.222. The van der Waals surface area contributed by atoms with Crippen molar-refractivity contribution in [3.8, 4) is 5.75 Å². The molecule has 0 aromatic heterocycles. The molecule has 1 N–H and O–H groups in total. The fourth-order valence-corrected chi connectivity index (χ4v) is 2.52. The Morgan fingerprint density at radius 2 is 2.12 bits per heavy atom. The normalized spacial score (nSPS) is 14.4. The molecule has 0 aliphatic rings. The Hall–Kier alpha value is -0.740. The van der Waals surface area contributed by atoms with Gasteiger partial charge in [0.1, 0.15) is 11.6 Å². The van der Waals surface area contributed by atoms with Crippen molar-refractivity contribution in [2.45, 2.75) is 25.9 Å². The van der Waals surface area contributed by atoms with Gasteiger partial charge in [0.05, 0.1) is 7.11 Å². The van der Waals surface area contributed by atoms with Crippen molar-refractivity contribution < 1.29 is 9.13 Å². The summed E-state index contributed by atoms with van der Waals surface area (Å²) in [5.41, 5.74) is 0.600. The average Bonchev–Trinajstić information content (AvgIpc) is 2.28. The molecule has 0 spiro atoms. The maximum absolute atomic E-state index is 13.8. The molecule has 1 aromatic rings. The van der Waals surface area contributed by atoms with Gasteiger partial charge < -0.3 is 10.1 Å². The van der Waals surface area contributed by atoms with E-state index in [0.717, 1.165) is 5.75 Å². The standard InChI is InChI=1S/C13H20FNOS/c1-9(8-17-4)15-10(2)13-11(14)6-5-7-12(13)16-3/h5-7,9-10,15H,8H2,1-4H3. The Balaban J connectivity index is 2.84. The first kappa shape index (κ1) is 14.3. The lowest BCUT2D eigenvalue weighted by Gasteiger charge is -2.21. The number of halogens is 1. The van der Waals surface area contributed by atoms with E-state index in [1.807, 2.05) is 6.92 Å². The molecular weight excluding hydrogens is 237 g/mol. The zero-order valence-corrected chi connectivity index (χ0v) is 11.6. The number of hydrogen-bond donors (Lipinski definition) is 1. The van der Waals surface area contributed by atoms with E-state index in [1.54, 1.807) is 31.0 Å². The van der Waals surface area contributed by atoms with Gasteiger partial charge in [-0.05, 0) is 32.2 Å². The van der Waals surface area contributed by atoms with Crippen LogP contribution in [0.25, 0.3) is 0 Å². The van der Waals surface area contributed by atoms with Crippen LogP contribution < -0.4 is 10.1 Å². The summed E-state index contributed by atoms with van der Waals surface area (Å²) >= 11 is 1.77. The predicted octanol–water partition coefficient (Wildman–Crippen LogP) is 3.24. The minimum Gasteiger partial charge on any atom is -0.496 e. The molecule has 0 bridgehead atoms. The maximum atomic E-state index is 13.8. The molecule has 0 saturated carbocycles. The smallest absolute Gasteiger partial charge is 0.131 e. The van der Waals surface area contributed by atoms with Crippen LogP contribution in [-0.2, 0) is 0 Å². The molecule has 2 nitrogen and oxygen atoms in total. The molecule has 2 atom stereocenters. The third-order valence-corrected chi connectivity index (χ3v) is 3.45. The molecule has 0 heterocycles. The molecular formula is C13H20FNOS. The average molecular weight is 257 g/mol. The van der Waals surface area contributed by atoms with Crippen molar-refractivity contribution in [3.05, 3.63) is 29.6 Å². The number of methoxy groups -OCH3 is 1. The van der Waals surface area contributed by atoms with E-state index in [1.165, 1.54) is 6.07 Å². The van der Waals surface area contributed by atoms with E-state index < -0.39 is 0 Å². The van der Waals surface area contributed by atoms with E-state index in [9.17, 15) is 4.39 Å². The van der Waals surface area contributed by atoms with Crippen LogP contribution >= 0.6 is 11.8 Å². The van der Waals surface area contributed by atoms with Gasteiger partial charge in [0.25, 0.3) is 0 Å². The largest absolute Gasteiger partial charge is 0.496 e. The summed E-state index contributed by atoms with van der Waals surface area (Å²) in [4.78, 5) is 0. The number of rotatable bonds is 6. The monoisotopic (exact) mass is 257 g/mol. The van der Waals surface area contributed by atoms with Crippen LogP contribution in [0.4, 0.5) is 4.39 Å². The van der Waals surface area contributed by atoms with Gasteiger partial charge in [-0.3, -0.25) is 0 Å². The molecule has 2 unspecified atom stereocenters. The van der Waals surface area contributed by atoms with Gasteiger partial charge in [0.15, 0.2) is 0 Å². The van der Waals surface area contributed by atoms with Gasteiger partial charge in [-0.25, -0.2) is 4.39 Å². The lowest BCUT2D eigenvalue weighted by atomic mass is 10.1. The highest BCUT2D eigenvalue weighted by atomic mass is 32.2. The zero-order valence-electron chi connectivity index (χ0n) is 10.8. The number of hydrogen-bond acceptors (Lipinski definition) is 3. The molecule has 1 aromatic carbocycles. The Morgan fingerprint density at radius 1 is 1.41 bits per heavy atom. The highest BCUT2D eigenvalue weighted by Crippen LogP contribution is 2.27. The van der Waals surface area contributed by atoms with Gasteiger partial charge in [-0.15, -0.1) is 0 Å². The van der Waals surface area contributed by atoms with Gasteiger partial charge in [-0.2, -0.15) is 11.8 Å². The molecule has 1 rings (SSSR count).